The first-order valence-electron chi connectivity index (χ1n) is 7.65. The fourth-order valence-electron chi connectivity index (χ4n) is 2.89. The molecule has 0 atom stereocenters. The molecule has 4 rings (SSSR count). The number of nitrogens with zero attached hydrogens (tertiary/aromatic N) is 4. The van der Waals surface area contributed by atoms with E-state index < -0.39 is 0 Å². The van der Waals surface area contributed by atoms with Crippen LogP contribution in [0.2, 0.25) is 0 Å². The predicted octanol–water partition coefficient (Wildman–Crippen LogP) is 1.75. The van der Waals surface area contributed by atoms with Gasteiger partial charge in [-0.3, -0.25) is 4.79 Å². The third-order valence-corrected chi connectivity index (χ3v) is 4.14. The van der Waals surface area contributed by atoms with E-state index in [1.807, 2.05) is 52.1 Å². The maximum absolute atomic E-state index is 12.4. The molecule has 3 heterocycles. The van der Waals surface area contributed by atoms with Crippen molar-refractivity contribution in [1.29, 1.82) is 0 Å². The van der Waals surface area contributed by atoms with Crippen molar-refractivity contribution in [3.05, 3.63) is 54.9 Å². The molecule has 1 aromatic carbocycles. The average molecular weight is 307 g/mol. The molecule has 3 aromatic rings. The average Bonchev–Trinajstić information content (AvgIpc) is 2.94. The van der Waals surface area contributed by atoms with Crippen molar-refractivity contribution >= 4 is 22.6 Å². The number of rotatable bonds is 4. The Labute approximate surface area is 133 Å². The number of anilines is 1. The van der Waals surface area contributed by atoms with Gasteiger partial charge in [0.05, 0.1) is 6.04 Å². The maximum Gasteiger partial charge on any atom is 0.242 e. The number of para-hydroxylation sites is 1. The van der Waals surface area contributed by atoms with Gasteiger partial charge < -0.3 is 14.8 Å². The van der Waals surface area contributed by atoms with Crippen LogP contribution >= 0.6 is 0 Å². The number of benzene rings is 1. The SMILES string of the molecule is O=C(Cn1ccc2ccccc21)N1CC(Nc2cccnn2)C1. The van der Waals surface area contributed by atoms with E-state index in [0.717, 1.165) is 16.7 Å². The molecule has 1 aliphatic heterocycles. The molecule has 0 bridgehead atoms. The molecule has 1 fully saturated rings. The Hall–Kier alpha value is -2.89. The molecule has 6 heteroatoms. The summed E-state index contributed by atoms with van der Waals surface area (Å²) in [4.78, 5) is 14.2. The molecular weight excluding hydrogens is 290 g/mol. The molecule has 6 nitrogen and oxygen atoms in total. The van der Waals surface area contributed by atoms with E-state index >= 15 is 0 Å². The zero-order valence-electron chi connectivity index (χ0n) is 12.6. The van der Waals surface area contributed by atoms with Crippen molar-refractivity contribution in [2.75, 3.05) is 18.4 Å². The predicted molar refractivity (Wildman–Crippen MR) is 88.0 cm³/mol. The topological polar surface area (TPSA) is 63.1 Å². The number of hydrogen-bond donors (Lipinski definition) is 1. The highest BCUT2D eigenvalue weighted by Crippen LogP contribution is 2.17. The minimum absolute atomic E-state index is 0.142. The Morgan fingerprint density at radius 3 is 2.87 bits per heavy atom. The number of carbonyl (C=O) groups excluding carboxylic acids is 1. The first kappa shape index (κ1) is 13.8. The van der Waals surface area contributed by atoms with Gasteiger partial charge in [-0.25, -0.2) is 0 Å². The second kappa shape index (κ2) is 5.72. The van der Waals surface area contributed by atoms with Crippen LogP contribution in [0.25, 0.3) is 10.9 Å². The standard InChI is InChI=1S/C17H17N5O/c23-17(12-21-9-7-13-4-1-2-5-15(13)21)22-10-14(11-22)19-16-6-3-8-18-20-16/h1-9,14H,10-12H2,(H,19,20). The summed E-state index contributed by atoms with van der Waals surface area (Å²) in [6.45, 7) is 1.79. The lowest BCUT2D eigenvalue weighted by molar-refractivity contribution is -0.135. The van der Waals surface area contributed by atoms with Crippen LogP contribution in [-0.4, -0.2) is 44.7 Å². The van der Waals surface area contributed by atoms with Gasteiger partial charge in [-0.15, -0.1) is 5.10 Å². The summed E-state index contributed by atoms with van der Waals surface area (Å²) < 4.78 is 2.00. The summed E-state index contributed by atoms with van der Waals surface area (Å²) in [5.41, 5.74) is 1.09. The van der Waals surface area contributed by atoms with Crippen LogP contribution in [0.15, 0.2) is 54.9 Å². The van der Waals surface area contributed by atoms with Gasteiger partial charge in [0.2, 0.25) is 5.91 Å². The third-order valence-electron chi connectivity index (χ3n) is 4.14. The summed E-state index contributed by atoms with van der Waals surface area (Å²) in [6.07, 6.45) is 3.61. The molecule has 1 saturated heterocycles. The van der Waals surface area contributed by atoms with Gasteiger partial charge in [-0.1, -0.05) is 18.2 Å². The van der Waals surface area contributed by atoms with Gasteiger partial charge in [0, 0.05) is 31.0 Å². The zero-order chi connectivity index (χ0) is 15.6. The molecule has 1 amide bonds. The summed E-state index contributed by atoms with van der Waals surface area (Å²) in [6, 6.07) is 14.1. The number of amides is 1. The normalized spacial score (nSPS) is 14.7. The number of nitrogens with one attached hydrogen (secondary N) is 1. The van der Waals surface area contributed by atoms with E-state index in [4.69, 9.17) is 0 Å². The molecule has 116 valence electrons. The van der Waals surface area contributed by atoms with E-state index in [9.17, 15) is 4.79 Å². The van der Waals surface area contributed by atoms with Crippen molar-refractivity contribution in [2.24, 2.45) is 0 Å². The Kier molecular flexibility index (Phi) is 3.42. The van der Waals surface area contributed by atoms with Crippen LogP contribution in [0.4, 0.5) is 5.82 Å². The molecule has 1 N–H and O–H groups in total. The van der Waals surface area contributed by atoms with Crippen molar-refractivity contribution < 1.29 is 4.79 Å². The van der Waals surface area contributed by atoms with Crippen molar-refractivity contribution in [1.82, 2.24) is 19.7 Å². The van der Waals surface area contributed by atoms with Gasteiger partial charge in [0.1, 0.15) is 12.4 Å². The molecule has 0 saturated carbocycles. The zero-order valence-corrected chi connectivity index (χ0v) is 12.6. The highest BCUT2D eigenvalue weighted by atomic mass is 16.2. The maximum atomic E-state index is 12.4. The first-order valence-corrected chi connectivity index (χ1v) is 7.65. The smallest absolute Gasteiger partial charge is 0.242 e. The number of hydrogen-bond acceptors (Lipinski definition) is 4. The van der Waals surface area contributed by atoms with Crippen molar-refractivity contribution in [2.45, 2.75) is 12.6 Å². The summed E-state index contributed by atoms with van der Waals surface area (Å²) >= 11 is 0. The Bertz CT molecular complexity index is 823. The Balaban J connectivity index is 1.35. The van der Waals surface area contributed by atoms with Crippen molar-refractivity contribution in [3.8, 4) is 0 Å². The highest BCUT2D eigenvalue weighted by Gasteiger charge is 2.30. The van der Waals surface area contributed by atoms with E-state index in [0.29, 0.717) is 19.6 Å². The fraction of sp³-hybridized carbons (Fsp3) is 0.235. The van der Waals surface area contributed by atoms with Crippen LogP contribution in [-0.2, 0) is 11.3 Å². The van der Waals surface area contributed by atoms with E-state index in [1.54, 1.807) is 6.20 Å². The van der Waals surface area contributed by atoms with Gasteiger partial charge in [-0.2, -0.15) is 5.10 Å². The monoisotopic (exact) mass is 307 g/mol. The third kappa shape index (κ3) is 2.75. The van der Waals surface area contributed by atoms with Crippen LogP contribution in [0.3, 0.4) is 0 Å². The largest absolute Gasteiger partial charge is 0.362 e. The van der Waals surface area contributed by atoms with Crippen LogP contribution in [0.5, 0.6) is 0 Å². The quantitative estimate of drug-likeness (QED) is 0.798. The minimum atomic E-state index is 0.142. The second-order valence-electron chi connectivity index (χ2n) is 5.75. The molecule has 0 spiro atoms. The molecule has 0 unspecified atom stereocenters. The van der Waals surface area contributed by atoms with Gasteiger partial charge in [0.15, 0.2) is 0 Å². The lowest BCUT2D eigenvalue weighted by atomic mass is 10.1. The summed E-state index contributed by atoms with van der Waals surface area (Å²) in [7, 11) is 0. The molecule has 1 aliphatic rings. The number of likely N-dealkylation sites (tertiary alicyclic amines) is 1. The molecule has 0 aliphatic carbocycles. The van der Waals surface area contributed by atoms with Crippen LogP contribution in [0.1, 0.15) is 0 Å². The number of fused-ring (bicyclic) bond motifs is 1. The van der Waals surface area contributed by atoms with Gasteiger partial charge in [-0.05, 0) is 29.7 Å². The van der Waals surface area contributed by atoms with Gasteiger partial charge >= 0.3 is 0 Å². The lowest BCUT2D eigenvalue weighted by Gasteiger charge is -2.39. The number of aromatic nitrogens is 3. The van der Waals surface area contributed by atoms with E-state index in [1.165, 1.54) is 0 Å². The second-order valence-corrected chi connectivity index (χ2v) is 5.75. The molecular formula is C17H17N5O. The fourth-order valence-corrected chi connectivity index (χ4v) is 2.89. The lowest BCUT2D eigenvalue weighted by Crippen LogP contribution is -2.57. The minimum Gasteiger partial charge on any atom is -0.362 e. The summed E-state index contributed by atoms with van der Waals surface area (Å²) in [5, 5.41) is 12.3. The van der Waals surface area contributed by atoms with Crippen LogP contribution < -0.4 is 5.32 Å². The highest BCUT2D eigenvalue weighted by molar-refractivity contribution is 5.83. The Morgan fingerprint density at radius 1 is 1.17 bits per heavy atom. The van der Waals surface area contributed by atoms with Crippen molar-refractivity contribution in [3.63, 3.8) is 0 Å². The van der Waals surface area contributed by atoms with E-state index in [-0.39, 0.29) is 11.9 Å². The number of carbonyl (C=O) groups is 1. The molecule has 0 radical (unpaired) electrons. The van der Waals surface area contributed by atoms with E-state index in [2.05, 4.69) is 21.6 Å². The van der Waals surface area contributed by atoms with Gasteiger partial charge in [0.25, 0.3) is 0 Å². The summed E-state index contributed by atoms with van der Waals surface area (Å²) in [5.74, 6) is 0.893. The Morgan fingerprint density at radius 2 is 2.04 bits per heavy atom. The first-order chi connectivity index (χ1) is 11.3. The molecule has 23 heavy (non-hydrogen) atoms. The molecule has 2 aromatic heterocycles. The van der Waals surface area contributed by atoms with Crippen LogP contribution in [0, 0.1) is 0 Å².